The van der Waals surface area contributed by atoms with Crippen molar-refractivity contribution in [1.29, 1.82) is 0 Å². The predicted molar refractivity (Wildman–Crippen MR) is 111 cm³/mol. The molecule has 0 saturated carbocycles. The fourth-order valence-electron chi connectivity index (χ4n) is 3.20. The first-order chi connectivity index (χ1) is 13.8. The summed E-state index contributed by atoms with van der Waals surface area (Å²) in [5.74, 6) is 0.197. The first-order valence-electron chi connectivity index (χ1n) is 9.74. The highest BCUT2D eigenvalue weighted by molar-refractivity contribution is 5.97. The number of para-hydroxylation sites is 1. The fraction of sp³-hybridized carbons (Fsp3) is 0.409. The van der Waals surface area contributed by atoms with E-state index < -0.39 is 11.0 Å². The molecule has 1 atom stereocenters. The number of ether oxygens (including phenoxy) is 1. The number of carbonyl (C=O) groups is 2. The molecule has 0 saturated heterocycles. The van der Waals surface area contributed by atoms with E-state index in [1.165, 1.54) is 0 Å². The number of hydrogen-bond donors (Lipinski definition) is 2. The molecular formula is C22H28N4O3. The van der Waals surface area contributed by atoms with Gasteiger partial charge in [-0.2, -0.15) is 5.10 Å². The Hall–Kier alpha value is -3.09. The normalized spacial score (nSPS) is 23.7. The summed E-state index contributed by atoms with van der Waals surface area (Å²) in [6.07, 6.45) is 7.92. The van der Waals surface area contributed by atoms with Crippen LogP contribution in [0.25, 0.3) is 0 Å². The zero-order valence-corrected chi connectivity index (χ0v) is 17.1. The van der Waals surface area contributed by atoms with E-state index in [1.807, 2.05) is 51.3 Å². The third-order valence-corrected chi connectivity index (χ3v) is 5.00. The van der Waals surface area contributed by atoms with Crippen molar-refractivity contribution in [3.05, 3.63) is 60.4 Å². The number of fused-ring (bicyclic) bond motifs is 1. The van der Waals surface area contributed by atoms with Gasteiger partial charge in [0, 0.05) is 24.4 Å². The summed E-state index contributed by atoms with van der Waals surface area (Å²) in [6, 6.07) is 8.98. The maximum atomic E-state index is 13.1. The van der Waals surface area contributed by atoms with E-state index in [-0.39, 0.29) is 18.4 Å². The lowest BCUT2D eigenvalue weighted by Gasteiger charge is -2.33. The average molecular weight is 396 g/mol. The van der Waals surface area contributed by atoms with Crippen LogP contribution >= 0.6 is 0 Å². The number of hydrogen-bond acceptors (Lipinski definition) is 4. The number of aromatic nitrogens is 2. The fourth-order valence-corrected chi connectivity index (χ4v) is 3.20. The molecule has 2 amide bonds. The van der Waals surface area contributed by atoms with Crippen LogP contribution < -0.4 is 15.4 Å². The Morgan fingerprint density at radius 1 is 1.14 bits per heavy atom. The van der Waals surface area contributed by atoms with Crippen molar-refractivity contribution in [2.24, 2.45) is 5.41 Å². The second kappa shape index (κ2) is 8.51. The van der Waals surface area contributed by atoms with Crippen molar-refractivity contribution >= 4 is 11.8 Å². The molecule has 0 aliphatic carbocycles. The van der Waals surface area contributed by atoms with Gasteiger partial charge in [0.2, 0.25) is 5.91 Å². The largest absolute Gasteiger partial charge is 0.489 e. The molecule has 0 bridgehead atoms. The standard InChI is InChI=1S/C22H28N4O3/c1-21(2)11-6-7-14-29-18-10-5-4-9-17(18)19(27)25-22(3,15-23-20(21)28)16-26-13-8-12-24-26/h4-10,12-13H,11,14-16H2,1-3H3,(H,23,28)(H,25,27)/b7-6-. The van der Waals surface area contributed by atoms with E-state index in [0.29, 0.717) is 30.9 Å². The molecule has 2 aromatic rings. The summed E-state index contributed by atoms with van der Waals surface area (Å²) in [4.78, 5) is 25.8. The number of carbonyl (C=O) groups excluding carboxylic acids is 2. The van der Waals surface area contributed by atoms with Gasteiger partial charge in [0.1, 0.15) is 12.4 Å². The molecule has 1 unspecified atom stereocenters. The maximum Gasteiger partial charge on any atom is 0.255 e. The van der Waals surface area contributed by atoms with Gasteiger partial charge in [-0.05, 0) is 31.5 Å². The van der Waals surface area contributed by atoms with Crippen LogP contribution in [0.3, 0.4) is 0 Å². The lowest BCUT2D eigenvalue weighted by molar-refractivity contribution is -0.129. The van der Waals surface area contributed by atoms with Crippen molar-refractivity contribution in [1.82, 2.24) is 20.4 Å². The van der Waals surface area contributed by atoms with E-state index in [2.05, 4.69) is 15.7 Å². The molecule has 2 N–H and O–H groups in total. The number of amides is 2. The Morgan fingerprint density at radius 3 is 2.69 bits per heavy atom. The molecule has 0 spiro atoms. The Labute approximate surface area is 171 Å². The van der Waals surface area contributed by atoms with Gasteiger partial charge in [-0.3, -0.25) is 14.3 Å². The van der Waals surface area contributed by atoms with E-state index in [4.69, 9.17) is 4.74 Å². The Morgan fingerprint density at radius 2 is 1.93 bits per heavy atom. The highest BCUT2D eigenvalue weighted by Gasteiger charge is 2.33. The lowest BCUT2D eigenvalue weighted by atomic mass is 9.87. The lowest BCUT2D eigenvalue weighted by Crippen LogP contribution is -2.57. The molecule has 0 radical (unpaired) electrons. The smallest absolute Gasteiger partial charge is 0.255 e. The van der Waals surface area contributed by atoms with Crippen LogP contribution in [0.15, 0.2) is 54.9 Å². The van der Waals surface area contributed by atoms with Gasteiger partial charge in [0.25, 0.3) is 5.91 Å². The van der Waals surface area contributed by atoms with Crippen molar-refractivity contribution in [2.75, 3.05) is 13.2 Å². The van der Waals surface area contributed by atoms with Crippen molar-refractivity contribution < 1.29 is 14.3 Å². The van der Waals surface area contributed by atoms with Gasteiger partial charge in [-0.1, -0.05) is 38.1 Å². The SMILES string of the molecule is CC1(Cn2cccn2)CNC(=O)C(C)(C)C/C=C\COc2ccccc2C(=O)N1. The van der Waals surface area contributed by atoms with Crippen molar-refractivity contribution in [3.8, 4) is 5.75 Å². The Bertz CT molecular complexity index is 889. The number of rotatable bonds is 2. The Balaban J connectivity index is 1.93. The summed E-state index contributed by atoms with van der Waals surface area (Å²) >= 11 is 0. The quantitative estimate of drug-likeness (QED) is 0.764. The summed E-state index contributed by atoms with van der Waals surface area (Å²) in [6.45, 7) is 6.71. The number of benzene rings is 1. The summed E-state index contributed by atoms with van der Waals surface area (Å²) < 4.78 is 7.55. The minimum Gasteiger partial charge on any atom is -0.489 e. The van der Waals surface area contributed by atoms with E-state index >= 15 is 0 Å². The average Bonchev–Trinajstić information content (AvgIpc) is 3.18. The Kier molecular flexibility index (Phi) is 6.06. The number of allylic oxidation sites excluding steroid dienone is 1. The molecule has 7 nitrogen and oxygen atoms in total. The molecule has 0 fully saturated rings. The van der Waals surface area contributed by atoms with Gasteiger partial charge in [-0.25, -0.2) is 0 Å². The molecule has 1 aromatic heterocycles. The first kappa shape index (κ1) is 20.6. The molecule has 154 valence electrons. The molecule has 29 heavy (non-hydrogen) atoms. The third kappa shape index (κ3) is 5.25. The van der Waals surface area contributed by atoms with E-state index in [0.717, 1.165) is 0 Å². The van der Waals surface area contributed by atoms with Crippen LogP contribution in [0.4, 0.5) is 0 Å². The first-order valence-corrected chi connectivity index (χ1v) is 9.74. The molecule has 1 aromatic carbocycles. The zero-order chi connectivity index (χ0) is 20.9. The second-order valence-electron chi connectivity index (χ2n) is 8.27. The van der Waals surface area contributed by atoms with Crippen LogP contribution in [0.1, 0.15) is 37.6 Å². The van der Waals surface area contributed by atoms with Crippen molar-refractivity contribution in [2.45, 2.75) is 39.3 Å². The molecule has 1 aliphatic rings. The molecule has 1 aliphatic heterocycles. The van der Waals surface area contributed by atoms with Crippen LogP contribution in [-0.2, 0) is 11.3 Å². The molecule has 7 heteroatoms. The molecule has 3 rings (SSSR count). The highest BCUT2D eigenvalue weighted by atomic mass is 16.5. The highest BCUT2D eigenvalue weighted by Crippen LogP contribution is 2.23. The minimum atomic E-state index is -0.748. The van der Waals surface area contributed by atoms with Gasteiger partial charge >= 0.3 is 0 Å². The molecule has 2 heterocycles. The molecular weight excluding hydrogens is 368 g/mol. The van der Waals surface area contributed by atoms with Gasteiger partial charge in [0.05, 0.1) is 17.6 Å². The second-order valence-corrected chi connectivity index (χ2v) is 8.27. The summed E-state index contributed by atoms with van der Waals surface area (Å²) in [7, 11) is 0. The summed E-state index contributed by atoms with van der Waals surface area (Å²) in [5.41, 5.74) is -0.867. The van der Waals surface area contributed by atoms with Crippen molar-refractivity contribution in [3.63, 3.8) is 0 Å². The zero-order valence-electron chi connectivity index (χ0n) is 17.1. The monoisotopic (exact) mass is 396 g/mol. The number of nitrogens with zero attached hydrogens (tertiary/aromatic N) is 2. The van der Waals surface area contributed by atoms with Crippen LogP contribution in [-0.4, -0.2) is 40.3 Å². The van der Waals surface area contributed by atoms with Crippen LogP contribution in [0, 0.1) is 5.41 Å². The van der Waals surface area contributed by atoms with Gasteiger partial charge in [-0.15, -0.1) is 0 Å². The van der Waals surface area contributed by atoms with Crippen LogP contribution in [0.5, 0.6) is 5.75 Å². The topological polar surface area (TPSA) is 85.2 Å². The van der Waals surface area contributed by atoms with Gasteiger partial charge < -0.3 is 15.4 Å². The van der Waals surface area contributed by atoms with Gasteiger partial charge in [0.15, 0.2) is 0 Å². The minimum absolute atomic E-state index is 0.0681. The van der Waals surface area contributed by atoms with E-state index in [1.54, 1.807) is 29.1 Å². The van der Waals surface area contributed by atoms with E-state index in [9.17, 15) is 9.59 Å². The van der Waals surface area contributed by atoms with Crippen LogP contribution in [0.2, 0.25) is 0 Å². The maximum absolute atomic E-state index is 13.1. The number of nitrogens with one attached hydrogen (secondary N) is 2. The predicted octanol–water partition coefficient (Wildman–Crippen LogP) is 2.55. The third-order valence-electron chi connectivity index (χ3n) is 5.00. The summed E-state index contributed by atoms with van der Waals surface area (Å²) in [5, 5.41) is 10.3.